The molecule has 3 aromatic rings. The first-order valence-corrected chi connectivity index (χ1v) is 7.01. The minimum Gasteiger partial charge on any atom is -0.545 e. The fraction of sp³-hybridized carbons (Fsp3) is 0.0588. The van der Waals surface area contributed by atoms with Crippen LogP contribution in [0.25, 0.3) is 10.9 Å². The van der Waals surface area contributed by atoms with Gasteiger partial charge in [0, 0.05) is 17.1 Å². The minimum absolute atomic E-state index is 0.0880. The Balaban J connectivity index is 2.29. The fourth-order valence-electron chi connectivity index (χ4n) is 2.44. The Morgan fingerprint density at radius 3 is 2.44 bits per heavy atom. The summed E-state index contributed by atoms with van der Waals surface area (Å²) in [5.41, 5.74) is -2.25. The first-order valence-electron chi connectivity index (χ1n) is 7.01. The number of hydrogen-bond acceptors (Lipinski definition) is 4. The Labute approximate surface area is 138 Å². The average molecular weight is 349 g/mol. The molecule has 0 aliphatic carbocycles. The number of para-hydroxylation sites is 2. The number of nitrogens with one attached hydrogen (secondary N) is 1. The molecule has 0 bridgehead atoms. The standard InChI is InChI=1S/C17H10F4N2O2/c18-12-6-1-2-7-13(12)23-14-9-4-3-5-11(17(19,20)21)15(9)22-8-10(14)16(24)25/h1-8H,(H,22,23)(H,24,25)/p-1. The second kappa shape index (κ2) is 6.04. The maximum absolute atomic E-state index is 13.9. The van der Waals surface area contributed by atoms with Crippen molar-refractivity contribution in [1.29, 1.82) is 0 Å². The fourth-order valence-corrected chi connectivity index (χ4v) is 2.44. The Morgan fingerprint density at radius 2 is 1.80 bits per heavy atom. The van der Waals surface area contributed by atoms with Crippen molar-refractivity contribution >= 4 is 28.2 Å². The van der Waals surface area contributed by atoms with E-state index >= 15 is 0 Å². The molecule has 0 fully saturated rings. The molecule has 0 atom stereocenters. The third kappa shape index (κ3) is 3.10. The first kappa shape index (κ1) is 16.7. The highest BCUT2D eigenvalue weighted by atomic mass is 19.4. The van der Waals surface area contributed by atoms with Gasteiger partial charge in [-0.15, -0.1) is 0 Å². The van der Waals surface area contributed by atoms with Crippen LogP contribution >= 0.6 is 0 Å². The number of rotatable bonds is 3. The van der Waals surface area contributed by atoms with E-state index in [9.17, 15) is 27.5 Å². The van der Waals surface area contributed by atoms with E-state index in [0.29, 0.717) is 0 Å². The molecular weight excluding hydrogens is 340 g/mol. The molecule has 0 amide bonds. The van der Waals surface area contributed by atoms with Gasteiger partial charge in [0.1, 0.15) is 5.82 Å². The van der Waals surface area contributed by atoms with Crippen LogP contribution in [0.5, 0.6) is 0 Å². The van der Waals surface area contributed by atoms with Gasteiger partial charge >= 0.3 is 6.18 Å². The number of aromatic nitrogens is 1. The van der Waals surface area contributed by atoms with Gasteiger partial charge in [-0.1, -0.05) is 24.3 Å². The average Bonchev–Trinajstić information content (AvgIpc) is 2.55. The Kier molecular flexibility index (Phi) is 4.03. The molecule has 0 radical (unpaired) electrons. The second-order valence-electron chi connectivity index (χ2n) is 5.14. The summed E-state index contributed by atoms with van der Waals surface area (Å²) in [5, 5.41) is 13.7. The zero-order valence-corrected chi connectivity index (χ0v) is 12.4. The number of aromatic carboxylic acids is 1. The Morgan fingerprint density at radius 1 is 1.08 bits per heavy atom. The van der Waals surface area contributed by atoms with Crippen LogP contribution < -0.4 is 10.4 Å². The predicted octanol–water partition coefficient (Wildman–Crippen LogP) is 3.50. The van der Waals surface area contributed by atoms with Gasteiger partial charge in [-0.2, -0.15) is 13.2 Å². The summed E-state index contributed by atoms with van der Waals surface area (Å²) in [6, 6.07) is 8.60. The zero-order valence-electron chi connectivity index (χ0n) is 12.4. The number of halogens is 4. The molecule has 4 nitrogen and oxygen atoms in total. The van der Waals surface area contributed by atoms with Crippen molar-refractivity contribution in [3.05, 3.63) is 65.6 Å². The molecule has 25 heavy (non-hydrogen) atoms. The van der Waals surface area contributed by atoms with Gasteiger partial charge in [-0.3, -0.25) is 4.98 Å². The summed E-state index contributed by atoms with van der Waals surface area (Å²) in [5.74, 6) is -2.34. The van der Waals surface area contributed by atoms with Crippen molar-refractivity contribution in [2.24, 2.45) is 0 Å². The molecule has 8 heteroatoms. The predicted molar refractivity (Wildman–Crippen MR) is 80.8 cm³/mol. The molecule has 128 valence electrons. The van der Waals surface area contributed by atoms with E-state index in [1.807, 2.05) is 0 Å². The third-order valence-electron chi connectivity index (χ3n) is 3.56. The maximum atomic E-state index is 13.9. The number of benzene rings is 2. The molecule has 1 heterocycles. The van der Waals surface area contributed by atoms with Crippen molar-refractivity contribution in [3.8, 4) is 0 Å². The van der Waals surface area contributed by atoms with Gasteiger partial charge in [0.25, 0.3) is 0 Å². The smallest absolute Gasteiger partial charge is 0.418 e. The van der Waals surface area contributed by atoms with Crippen LogP contribution in [0.1, 0.15) is 15.9 Å². The topological polar surface area (TPSA) is 65.0 Å². The van der Waals surface area contributed by atoms with Crippen molar-refractivity contribution in [2.45, 2.75) is 6.18 Å². The summed E-state index contributed by atoms with van der Waals surface area (Å²) < 4.78 is 53.3. The molecule has 3 rings (SSSR count). The second-order valence-corrected chi connectivity index (χ2v) is 5.14. The SMILES string of the molecule is O=C([O-])c1cnc2c(C(F)(F)F)cccc2c1Nc1ccccc1F. The first-order chi connectivity index (χ1) is 11.8. The number of fused-ring (bicyclic) bond motifs is 1. The number of nitrogens with zero attached hydrogens (tertiary/aromatic N) is 1. The van der Waals surface area contributed by atoms with Crippen LogP contribution in [-0.2, 0) is 6.18 Å². The van der Waals surface area contributed by atoms with Crippen LogP contribution in [0.15, 0.2) is 48.7 Å². The molecule has 2 aromatic carbocycles. The van der Waals surface area contributed by atoms with Crippen LogP contribution in [0.2, 0.25) is 0 Å². The van der Waals surface area contributed by atoms with E-state index in [1.54, 1.807) is 0 Å². The highest BCUT2D eigenvalue weighted by molar-refractivity contribution is 6.05. The van der Waals surface area contributed by atoms with Crippen molar-refractivity contribution in [3.63, 3.8) is 0 Å². The van der Waals surface area contributed by atoms with Gasteiger partial charge < -0.3 is 15.2 Å². The number of carbonyl (C=O) groups excluding carboxylic acids is 1. The highest BCUT2D eigenvalue weighted by Crippen LogP contribution is 2.37. The number of anilines is 2. The lowest BCUT2D eigenvalue weighted by Crippen LogP contribution is -2.24. The summed E-state index contributed by atoms with van der Waals surface area (Å²) in [6.45, 7) is 0. The van der Waals surface area contributed by atoms with E-state index in [0.717, 1.165) is 24.4 Å². The molecule has 0 saturated carbocycles. The summed E-state index contributed by atoms with van der Waals surface area (Å²) in [7, 11) is 0. The molecule has 0 unspecified atom stereocenters. The molecule has 0 aliphatic rings. The third-order valence-corrected chi connectivity index (χ3v) is 3.56. The number of carboxylic acids is 1. The van der Waals surface area contributed by atoms with Crippen LogP contribution in [0, 0.1) is 5.82 Å². The highest BCUT2D eigenvalue weighted by Gasteiger charge is 2.33. The van der Waals surface area contributed by atoms with E-state index in [1.165, 1.54) is 24.3 Å². The molecule has 0 aliphatic heterocycles. The van der Waals surface area contributed by atoms with Gasteiger partial charge in [-0.05, 0) is 18.2 Å². The molecule has 0 spiro atoms. The molecule has 1 N–H and O–H groups in total. The number of carboxylic acid groups (broad SMARTS) is 1. The van der Waals surface area contributed by atoms with Gasteiger partial charge in [-0.25, -0.2) is 4.39 Å². The molecule has 0 saturated heterocycles. The van der Waals surface area contributed by atoms with E-state index in [4.69, 9.17) is 0 Å². The number of pyridine rings is 1. The van der Waals surface area contributed by atoms with E-state index in [-0.39, 0.29) is 16.8 Å². The Hall–Kier alpha value is -3.16. The van der Waals surface area contributed by atoms with Crippen molar-refractivity contribution in [1.82, 2.24) is 4.98 Å². The van der Waals surface area contributed by atoms with Crippen molar-refractivity contribution < 1.29 is 27.5 Å². The van der Waals surface area contributed by atoms with Crippen LogP contribution in [0.3, 0.4) is 0 Å². The Bertz CT molecular complexity index is 971. The quantitative estimate of drug-likeness (QED) is 0.735. The number of hydrogen-bond donors (Lipinski definition) is 1. The van der Waals surface area contributed by atoms with Crippen molar-refractivity contribution in [2.75, 3.05) is 5.32 Å². The molecule has 1 aromatic heterocycles. The lowest BCUT2D eigenvalue weighted by molar-refractivity contribution is -0.254. The largest absolute Gasteiger partial charge is 0.545 e. The number of alkyl halides is 3. The lowest BCUT2D eigenvalue weighted by atomic mass is 10.0. The summed E-state index contributed by atoms with van der Waals surface area (Å²) in [6.07, 6.45) is -3.92. The zero-order chi connectivity index (χ0) is 18.2. The van der Waals surface area contributed by atoms with E-state index < -0.39 is 34.6 Å². The van der Waals surface area contributed by atoms with Crippen LogP contribution in [-0.4, -0.2) is 11.0 Å². The van der Waals surface area contributed by atoms with Gasteiger partial charge in [0.2, 0.25) is 0 Å². The minimum atomic E-state index is -4.68. The van der Waals surface area contributed by atoms with Gasteiger partial charge in [0.05, 0.1) is 28.4 Å². The molecular formula is C17H9F4N2O2-. The van der Waals surface area contributed by atoms with E-state index in [2.05, 4.69) is 10.3 Å². The monoisotopic (exact) mass is 349 g/mol. The summed E-state index contributed by atoms with van der Waals surface area (Å²) >= 11 is 0. The normalized spacial score (nSPS) is 11.5. The van der Waals surface area contributed by atoms with Gasteiger partial charge in [0.15, 0.2) is 0 Å². The van der Waals surface area contributed by atoms with Crippen LogP contribution in [0.4, 0.5) is 28.9 Å². The maximum Gasteiger partial charge on any atom is 0.418 e. The lowest BCUT2D eigenvalue weighted by Gasteiger charge is -2.17. The summed E-state index contributed by atoms with van der Waals surface area (Å²) in [4.78, 5) is 14.9. The number of carbonyl (C=O) groups is 1.